The lowest BCUT2D eigenvalue weighted by Crippen LogP contribution is -2.44. The Balaban J connectivity index is 1.33. The summed E-state index contributed by atoms with van der Waals surface area (Å²) < 4.78 is 22.0. The maximum atomic E-state index is 14.4. The molecule has 5 aromatic carbocycles. The third kappa shape index (κ3) is 23.2. The van der Waals surface area contributed by atoms with E-state index in [0.29, 0.717) is 96.0 Å². The topological polar surface area (TPSA) is 437 Å². The Morgan fingerprint density at radius 1 is 0.376 bits per heavy atom. The van der Waals surface area contributed by atoms with E-state index in [-0.39, 0.29) is 93.7 Å². The highest BCUT2D eigenvalue weighted by molar-refractivity contribution is 6.08. The highest BCUT2D eigenvalue weighted by Gasteiger charge is 2.30. The van der Waals surface area contributed by atoms with E-state index in [4.69, 9.17) is 47.6 Å². The minimum atomic E-state index is -1.30. The van der Waals surface area contributed by atoms with Crippen LogP contribution in [0.1, 0.15) is 130 Å². The molecule has 5 aromatic rings. The molecule has 8 amide bonds. The van der Waals surface area contributed by atoms with Crippen LogP contribution in [0.25, 0.3) is 0 Å². The van der Waals surface area contributed by atoms with Gasteiger partial charge in [0.15, 0.2) is 0 Å². The minimum absolute atomic E-state index is 0.00256. The number of carbonyl (C=O) groups is 9. The zero-order valence-corrected chi connectivity index (χ0v) is 53.1. The van der Waals surface area contributed by atoms with Crippen molar-refractivity contribution in [3.05, 3.63) is 131 Å². The fraction of sp³-hybridized carbons (Fsp3) is 0.409. The highest BCUT2D eigenvalue weighted by Crippen LogP contribution is 2.29. The van der Waals surface area contributed by atoms with E-state index in [9.17, 15) is 48.3 Å². The first kappa shape index (κ1) is 74.1. The van der Waals surface area contributed by atoms with E-state index in [0.717, 1.165) is 0 Å². The molecule has 27 heteroatoms. The van der Waals surface area contributed by atoms with E-state index < -0.39 is 83.4 Å². The number of amides is 8. The Labute approximate surface area is 541 Å². The second-order valence-corrected chi connectivity index (χ2v) is 21.8. The molecule has 0 aliphatic rings. The van der Waals surface area contributed by atoms with Gasteiger partial charge in [0.05, 0.1) is 56.7 Å². The van der Waals surface area contributed by atoms with Gasteiger partial charge in [0, 0.05) is 29.2 Å². The molecule has 0 heterocycles. The molecule has 0 fully saturated rings. The van der Waals surface area contributed by atoms with E-state index in [1.54, 1.807) is 36.4 Å². The number of hydrogen-bond donors (Lipinski definition) is 14. The molecule has 0 aromatic heterocycles. The standard InChI is InChI=1S/C66H89N13O14/c1-90-54-27-23-41(72-62(84)49(71)19-10-14-32-68)36-45(54)58(80)76-50(20-9-6-13-31-67)63(85)73-42-24-28-55(91-2)46(37-42)59(81)77-51(21-11-15-33-69)64(86)74-43-25-29-56(92-3)47(38-43)60(82)78-52(22-12-16-34-70)65(87)75-44-26-30-57(93-4)48(39-44)61(83)79-53(66(88)89)35-40-17-7-5-8-18-40/h5,7-8,17-18,23-30,36-39,49-53H,6,9-16,19-22,31-35,67-71H2,1-4H3,(H,72,84)(H,73,85)(H,74,86)(H,75,87)(H,76,80)(H,77,81)(H,78,82)(H,79,83)(H,88,89)/t49-,50-,51-,52-,53-/m0/s1. The summed E-state index contributed by atoms with van der Waals surface area (Å²) >= 11 is 0. The van der Waals surface area contributed by atoms with Gasteiger partial charge < -0.3 is 95.3 Å². The zero-order valence-electron chi connectivity index (χ0n) is 53.1. The van der Waals surface area contributed by atoms with Gasteiger partial charge >= 0.3 is 5.97 Å². The average molecular weight is 1290 g/mol. The van der Waals surface area contributed by atoms with Crippen LogP contribution in [-0.4, -0.2) is 143 Å². The number of carboxylic acids is 1. The van der Waals surface area contributed by atoms with Crippen LogP contribution >= 0.6 is 0 Å². The molecule has 0 saturated heterocycles. The molecular weight excluding hydrogens is 1200 g/mol. The highest BCUT2D eigenvalue weighted by atomic mass is 16.5. The third-order valence-electron chi connectivity index (χ3n) is 15.0. The second kappa shape index (κ2) is 38.9. The lowest BCUT2D eigenvalue weighted by Gasteiger charge is -2.22. The number of carbonyl (C=O) groups excluding carboxylic acids is 8. The molecule has 502 valence electrons. The average Bonchev–Trinajstić information content (AvgIpc) is 0.914. The Morgan fingerprint density at radius 3 is 0.978 bits per heavy atom. The van der Waals surface area contributed by atoms with Crippen molar-refractivity contribution in [2.75, 3.05) is 75.9 Å². The van der Waals surface area contributed by atoms with Gasteiger partial charge in [0.25, 0.3) is 23.6 Å². The second-order valence-electron chi connectivity index (χ2n) is 21.8. The van der Waals surface area contributed by atoms with Gasteiger partial charge in [-0.3, -0.25) is 38.4 Å². The predicted octanol–water partition coefficient (Wildman–Crippen LogP) is 4.53. The van der Waals surface area contributed by atoms with Crippen molar-refractivity contribution in [1.29, 1.82) is 0 Å². The number of rotatable bonds is 40. The molecule has 0 saturated carbocycles. The van der Waals surface area contributed by atoms with Gasteiger partial charge in [-0.05, 0) is 169 Å². The number of ether oxygens (including phenoxy) is 4. The lowest BCUT2D eigenvalue weighted by molar-refractivity contribution is -0.139. The maximum Gasteiger partial charge on any atom is 0.326 e. The molecule has 0 unspecified atom stereocenters. The number of benzene rings is 5. The van der Waals surface area contributed by atoms with Crippen molar-refractivity contribution in [3.63, 3.8) is 0 Å². The Morgan fingerprint density at radius 2 is 0.667 bits per heavy atom. The van der Waals surface area contributed by atoms with Crippen LogP contribution < -0.4 is 90.2 Å². The van der Waals surface area contributed by atoms with E-state index >= 15 is 0 Å². The van der Waals surface area contributed by atoms with Gasteiger partial charge in [0.2, 0.25) is 23.6 Å². The summed E-state index contributed by atoms with van der Waals surface area (Å²) in [6.45, 7) is 1.48. The predicted molar refractivity (Wildman–Crippen MR) is 354 cm³/mol. The summed E-state index contributed by atoms with van der Waals surface area (Å²) in [5.74, 6) is -6.22. The van der Waals surface area contributed by atoms with Crippen molar-refractivity contribution in [3.8, 4) is 23.0 Å². The van der Waals surface area contributed by atoms with Crippen molar-refractivity contribution >= 4 is 76.0 Å². The van der Waals surface area contributed by atoms with Crippen LogP contribution in [0.3, 0.4) is 0 Å². The monoisotopic (exact) mass is 1290 g/mol. The van der Waals surface area contributed by atoms with Crippen LogP contribution in [0.2, 0.25) is 0 Å². The number of nitrogens with two attached hydrogens (primary N) is 5. The molecule has 19 N–H and O–H groups in total. The normalized spacial score (nSPS) is 12.5. The van der Waals surface area contributed by atoms with Crippen LogP contribution in [0.5, 0.6) is 23.0 Å². The summed E-state index contributed by atoms with van der Waals surface area (Å²) in [7, 11) is 5.39. The Kier molecular flexibility index (Phi) is 31.0. The van der Waals surface area contributed by atoms with Crippen LogP contribution in [0, 0.1) is 0 Å². The Hall–Kier alpha value is -9.67. The fourth-order valence-electron chi connectivity index (χ4n) is 9.87. The minimum Gasteiger partial charge on any atom is -0.496 e. The molecular formula is C66H89N13O14. The number of nitrogens with one attached hydrogen (secondary N) is 8. The first-order valence-electron chi connectivity index (χ1n) is 30.8. The number of carboxylic acid groups (broad SMARTS) is 1. The quantitative estimate of drug-likeness (QED) is 0.0240. The SMILES string of the molecule is COc1ccc(NC(=O)[C@H](CCCCN)NC(=O)c2cc(NC(=O)[C@H](CCCCN)NC(=O)c3cc(NC(=O)[C@H](CCCCCN)NC(=O)c4cc(NC(=O)[C@@H](N)CCCCN)ccc4OC)ccc3OC)ccc2OC)cc1C(=O)N[C@@H](Cc1ccccc1)C(=O)O. The van der Waals surface area contributed by atoms with E-state index in [2.05, 4.69) is 42.5 Å². The smallest absolute Gasteiger partial charge is 0.326 e. The molecule has 0 aliphatic heterocycles. The molecule has 93 heavy (non-hydrogen) atoms. The summed E-state index contributed by atoms with van der Waals surface area (Å²) in [4.78, 5) is 124. The van der Waals surface area contributed by atoms with Gasteiger partial charge in [-0.2, -0.15) is 0 Å². The van der Waals surface area contributed by atoms with Crippen molar-refractivity contribution in [1.82, 2.24) is 21.3 Å². The van der Waals surface area contributed by atoms with Gasteiger partial charge in [-0.1, -0.05) is 49.6 Å². The van der Waals surface area contributed by atoms with Crippen molar-refractivity contribution in [2.24, 2.45) is 28.7 Å². The molecule has 5 atom stereocenters. The number of unbranched alkanes of at least 4 members (excludes halogenated alkanes) is 5. The molecule has 0 aliphatic carbocycles. The van der Waals surface area contributed by atoms with E-state index in [1.165, 1.54) is 95.2 Å². The largest absolute Gasteiger partial charge is 0.496 e. The summed E-state index contributed by atoms with van der Waals surface area (Å²) in [5, 5.41) is 31.9. The van der Waals surface area contributed by atoms with Gasteiger partial charge in [0.1, 0.15) is 47.2 Å². The van der Waals surface area contributed by atoms with Crippen LogP contribution in [-0.2, 0) is 30.4 Å². The third-order valence-corrected chi connectivity index (χ3v) is 15.0. The summed E-state index contributed by atoms with van der Waals surface area (Å²) in [6, 6.07) is 20.5. The Bertz CT molecular complexity index is 3340. The number of aliphatic carboxylic acids is 1. The van der Waals surface area contributed by atoms with Crippen LogP contribution in [0.4, 0.5) is 22.7 Å². The van der Waals surface area contributed by atoms with E-state index in [1.807, 2.05) is 0 Å². The maximum absolute atomic E-state index is 14.4. The molecule has 5 rings (SSSR count). The fourth-order valence-corrected chi connectivity index (χ4v) is 9.87. The number of anilines is 4. The summed E-state index contributed by atoms with van der Waals surface area (Å²) in [5.41, 5.74) is 30.3. The number of hydrogen-bond acceptors (Lipinski definition) is 18. The number of methoxy groups -OCH3 is 4. The van der Waals surface area contributed by atoms with Gasteiger partial charge in [-0.25, -0.2) is 4.79 Å². The van der Waals surface area contributed by atoms with Crippen LogP contribution in [0.15, 0.2) is 103 Å². The lowest BCUT2D eigenvalue weighted by atomic mass is 10.0. The molecule has 0 bridgehead atoms. The molecule has 0 radical (unpaired) electrons. The first-order chi connectivity index (χ1) is 44.8. The van der Waals surface area contributed by atoms with Crippen molar-refractivity contribution in [2.45, 2.75) is 120 Å². The first-order valence-corrected chi connectivity index (χ1v) is 30.8. The zero-order chi connectivity index (χ0) is 67.8. The van der Waals surface area contributed by atoms with Crippen molar-refractivity contribution < 1.29 is 67.2 Å². The molecule has 0 spiro atoms. The van der Waals surface area contributed by atoms with Gasteiger partial charge in [-0.15, -0.1) is 0 Å². The molecule has 27 nitrogen and oxygen atoms in total. The summed E-state index contributed by atoms with van der Waals surface area (Å²) in [6.07, 6.45) is 5.86.